The van der Waals surface area contributed by atoms with Crippen LogP contribution >= 0.6 is 23.2 Å². The van der Waals surface area contributed by atoms with E-state index in [9.17, 15) is 9.90 Å². The number of ketones is 1. The standard InChI is InChI=1S/C17H16Cl2O3/c1-11-5-2-3-7-16(11)22-8-4-6-15(20)12-9-13(18)17(21)14(19)10-12/h2-3,5,7,9-10,21H,4,6,8H2,1H3. The number of halogens is 2. The van der Waals surface area contributed by atoms with Gasteiger partial charge in [-0.05, 0) is 37.1 Å². The van der Waals surface area contributed by atoms with Gasteiger partial charge in [0.2, 0.25) is 0 Å². The summed E-state index contributed by atoms with van der Waals surface area (Å²) in [4.78, 5) is 12.1. The molecule has 0 bridgehead atoms. The molecule has 0 spiro atoms. The Hall–Kier alpha value is -1.71. The molecule has 2 aromatic rings. The van der Waals surface area contributed by atoms with Crippen molar-refractivity contribution in [2.24, 2.45) is 0 Å². The third-order valence-corrected chi connectivity index (χ3v) is 3.81. The van der Waals surface area contributed by atoms with Crippen LogP contribution in [0.5, 0.6) is 11.5 Å². The first-order valence-corrected chi connectivity index (χ1v) is 7.64. The van der Waals surface area contributed by atoms with Crippen molar-refractivity contribution in [1.29, 1.82) is 0 Å². The van der Waals surface area contributed by atoms with E-state index in [0.717, 1.165) is 11.3 Å². The van der Waals surface area contributed by atoms with Crippen LogP contribution in [0.25, 0.3) is 0 Å². The lowest BCUT2D eigenvalue weighted by molar-refractivity contribution is 0.0973. The highest BCUT2D eigenvalue weighted by Crippen LogP contribution is 2.33. The molecule has 0 aliphatic rings. The third kappa shape index (κ3) is 4.15. The molecule has 0 amide bonds. The molecule has 0 unspecified atom stereocenters. The zero-order valence-corrected chi connectivity index (χ0v) is 13.6. The number of para-hydroxylation sites is 1. The predicted molar refractivity (Wildman–Crippen MR) is 88.4 cm³/mol. The van der Waals surface area contributed by atoms with Crippen molar-refractivity contribution in [2.75, 3.05) is 6.61 Å². The number of hydrogen-bond acceptors (Lipinski definition) is 3. The Bertz CT molecular complexity index is 660. The van der Waals surface area contributed by atoms with Gasteiger partial charge in [-0.25, -0.2) is 0 Å². The zero-order chi connectivity index (χ0) is 16.1. The first-order chi connectivity index (χ1) is 10.5. The lowest BCUT2D eigenvalue weighted by Gasteiger charge is -2.09. The summed E-state index contributed by atoms with van der Waals surface area (Å²) in [6.07, 6.45) is 0.909. The maximum atomic E-state index is 12.1. The molecule has 0 atom stereocenters. The van der Waals surface area contributed by atoms with Crippen LogP contribution in [0.4, 0.5) is 0 Å². The van der Waals surface area contributed by atoms with Crippen molar-refractivity contribution in [3.63, 3.8) is 0 Å². The number of Topliss-reactive ketones (excluding diaryl/α,β-unsaturated/α-hetero) is 1. The molecule has 0 aliphatic heterocycles. The van der Waals surface area contributed by atoms with Crippen LogP contribution < -0.4 is 4.74 Å². The smallest absolute Gasteiger partial charge is 0.163 e. The number of carbonyl (C=O) groups is 1. The highest BCUT2D eigenvalue weighted by atomic mass is 35.5. The molecular weight excluding hydrogens is 323 g/mol. The Labute approximate surface area is 139 Å². The molecule has 2 rings (SSSR count). The normalized spacial score (nSPS) is 10.5. The highest BCUT2D eigenvalue weighted by Gasteiger charge is 2.12. The topological polar surface area (TPSA) is 46.5 Å². The molecule has 5 heteroatoms. The SMILES string of the molecule is Cc1ccccc1OCCCC(=O)c1cc(Cl)c(O)c(Cl)c1. The molecule has 0 saturated heterocycles. The van der Waals surface area contributed by atoms with Crippen molar-refractivity contribution in [3.05, 3.63) is 57.6 Å². The van der Waals surface area contributed by atoms with Gasteiger partial charge in [0.25, 0.3) is 0 Å². The Balaban J connectivity index is 1.87. The molecule has 2 aromatic carbocycles. The Morgan fingerprint density at radius 3 is 2.45 bits per heavy atom. The lowest BCUT2D eigenvalue weighted by atomic mass is 10.1. The Morgan fingerprint density at radius 2 is 1.82 bits per heavy atom. The lowest BCUT2D eigenvalue weighted by Crippen LogP contribution is -2.04. The average Bonchev–Trinajstić information content (AvgIpc) is 2.50. The van der Waals surface area contributed by atoms with Gasteiger partial charge in [0, 0.05) is 12.0 Å². The van der Waals surface area contributed by atoms with Crippen molar-refractivity contribution in [1.82, 2.24) is 0 Å². The van der Waals surface area contributed by atoms with Crippen molar-refractivity contribution in [2.45, 2.75) is 19.8 Å². The number of phenols is 1. The fourth-order valence-electron chi connectivity index (χ4n) is 2.00. The molecule has 0 fully saturated rings. The van der Waals surface area contributed by atoms with Gasteiger partial charge in [-0.2, -0.15) is 0 Å². The molecule has 0 radical (unpaired) electrons. The van der Waals surface area contributed by atoms with Crippen LogP contribution in [0.15, 0.2) is 36.4 Å². The highest BCUT2D eigenvalue weighted by molar-refractivity contribution is 6.37. The summed E-state index contributed by atoms with van der Waals surface area (Å²) in [7, 11) is 0. The average molecular weight is 339 g/mol. The molecule has 22 heavy (non-hydrogen) atoms. The van der Waals surface area contributed by atoms with Gasteiger partial charge in [0.15, 0.2) is 11.5 Å². The Kier molecular flexibility index (Phi) is 5.69. The van der Waals surface area contributed by atoms with Gasteiger partial charge in [-0.3, -0.25) is 4.79 Å². The van der Waals surface area contributed by atoms with E-state index in [-0.39, 0.29) is 21.6 Å². The minimum Gasteiger partial charge on any atom is -0.505 e. The summed E-state index contributed by atoms with van der Waals surface area (Å²) in [5, 5.41) is 9.64. The molecule has 0 saturated carbocycles. The second-order valence-corrected chi connectivity index (χ2v) is 5.74. The van der Waals surface area contributed by atoms with Gasteiger partial charge in [-0.1, -0.05) is 41.4 Å². The fraction of sp³-hybridized carbons (Fsp3) is 0.235. The van der Waals surface area contributed by atoms with Crippen LogP contribution in [0.1, 0.15) is 28.8 Å². The summed E-state index contributed by atoms with van der Waals surface area (Å²) < 4.78 is 5.65. The Morgan fingerprint density at radius 1 is 1.18 bits per heavy atom. The quantitative estimate of drug-likeness (QED) is 0.592. The third-order valence-electron chi connectivity index (χ3n) is 3.24. The van der Waals surface area contributed by atoms with Crippen LogP contribution in [0, 0.1) is 6.92 Å². The monoisotopic (exact) mass is 338 g/mol. The predicted octanol–water partition coefficient (Wildman–Crippen LogP) is 5.05. The van der Waals surface area contributed by atoms with E-state index in [1.165, 1.54) is 12.1 Å². The second-order valence-electron chi connectivity index (χ2n) is 4.93. The molecular formula is C17H16Cl2O3. The molecule has 1 N–H and O–H groups in total. The van der Waals surface area contributed by atoms with Gasteiger partial charge < -0.3 is 9.84 Å². The van der Waals surface area contributed by atoms with E-state index in [2.05, 4.69) is 0 Å². The molecule has 0 aromatic heterocycles. The van der Waals surface area contributed by atoms with Crippen LogP contribution in [0.2, 0.25) is 10.0 Å². The summed E-state index contributed by atoms with van der Waals surface area (Å²) >= 11 is 11.6. The van der Waals surface area contributed by atoms with Crippen molar-refractivity contribution >= 4 is 29.0 Å². The van der Waals surface area contributed by atoms with Gasteiger partial charge >= 0.3 is 0 Å². The number of phenolic OH excluding ortho intramolecular Hbond substituents is 1. The van der Waals surface area contributed by atoms with E-state index in [4.69, 9.17) is 27.9 Å². The van der Waals surface area contributed by atoms with Crippen LogP contribution in [0.3, 0.4) is 0 Å². The number of carbonyl (C=O) groups excluding carboxylic acids is 1. The molecule has 3 nitrogen and oxygen atoms in total. The first-order valence-electron chi connectivity index (χ1n) is 6.88. The van der Waals surface area contributed by atoms with E-state index < -0.39 is 0 Å². The number of ether oxygens (including phenoxy) is 1. The molecule has 0 aliphatic carbocycles. The number of hydrogen-bond donors (Lipinski definition) is 1. The zero-order valence-electron chi connectivity index (χ0n) is 12.1. The number of benzene rings is 2. The maximum Gasteiger partial charge on any atom is 0.163 e. The van der Waals surface area contributed by atoms with Gasteiger partial charge in [0.1, 0.15) is 5.75 Å². The maximum absolute atomic E-state index is 12.1. The fourth-order valence-corrected chi connectivity index (χ4v) is 2.49. The van der Waals surface area contributed by atoms with Crippen LogP contribution in [-0.4, -0.2) is 17.5 Å². The van der Waals surface area contributed by atoms with Crippen molar-refractivity contribution < 1.29 is 14.6 Å². The minimum absolute atomic E-state index is 0.0759. The first kappa shape index (κ1) is 16.7. The summed E-state index contributed by atoms with van der Waals surface area (Å²) in [6.45, 7) is 2.43. The van der Waals surface area contributed by atoms with Gasteiger partial charge in [0.05, 0.1) is 16.7 Å². The number of aromatic hydroxyl groups is 1. The summed E-state index contributed by atoms with van der Waals surface area (Å²) in [5.74, 6) is 0.533. The van der Waals surface area contributed by atoms with Gasteiger partial charge in [-0.15, -0.1) is 0 Å². The second kappa shape index (κ2) is 7.52. The molecule has 0 heterocycles. The van der Waals surface area contributed by atoms with Crippen LogP contribution in [-0.2, 0) is 0 Å². The van der Waals surface area contributed by atoms with E-state index in [0.29, 0.717) is 25.0 Å². The minimum atomic E-state index is -0.206. The van der Waals surface area contributed by atoms with E-state index in [1.54, 1.807) is 0 Å². The van der Waals surface area contributed by atoms with E-state index >= 15 is 0 Å². The molecule has 116 valence electrons. The largest absolute Gasteiger partial charge is 0.505 e. The number of aryl methyl sites for hydroxylation is 1. The summed E-state index contributed by atoms with van der Waals surface area (Å²) in [5.41, 5.74) is 1.45. The summed E-state index contributed by atoms with van der Waals surface area (Å²) in [6, 6.07) is 10.6. The van der Waals surface area contributed by atoms with Crippen molar-refractivity contribution in [3.8, 4) is 11.5 Å². The van der Waals surface area contributed by atoms with E-state index in [1.807, 2.05) is 31.2 Å². The number of rotatable bonds is 6.